The molecule has 11 heavy (non-hydrogen) atoms. The molecule has 1 rings (SSSR count). The van der Waals surface area contributed by atoms with Crippen molar-refractivity contribution in [2.24, 2.45) is 5.73 Å². The Kier molecular flexibility index (Phi) is 2.67. The zero-order valence-corrected chi connectivity index (χ0v) is 8.74. The molecule has 1 aromatic rings. The van der Waals surface area contributed by atoms with E-state index in [1.165, 1.54) is 0 Å². The van der Waals surface area contributed by atoms with Crippen molar-refractivity contribution in [1.29, 1.82) is 5.41 Å². The number of nitrogens with two attached hydrogens (primary N) is 1. The van der Waals surface area contributed by atoms with Crippen LogP contribution in [0.3, 0.4) is 0 Å². The minimum Gasteiger partial charge on any atom is -0.384 e. The summed E-state index contributed by atoms with van der Waals surface area (Å²) in [5.74, 6) is 0.0735. The standard InChI is InChI=1S/C7H6Br2N2/c8-4-1-2-5(7(10)11)6(9)3-4/h1-3H,(H3,10,11). The first-order valence-electron chi connectivity index (χ1n) is 2.90. The molecular formula is C7H6Br2N2. The molecule has 0 atom stereocenters. The van der Waals surface area contributed by atoms with Crippen molar-refractivity contribution in [3.8, 4) is 0 Å². The van der Waals surface area contributed by atoms with Gasteiger partial charge in [0.2, 0.25) is 0 Å². The van der Waals surface area contributed by atoms with Crippen molar-refractivity contribution in [3.05, 3.63) is 32.7 Å². The fraction of sp³-hybridized carbons (Fsp3) is 0. The summed E-state index contributed by atoms with van der Waals surface area (Å²) in [4.78, 5) is 0. The Labute approximate surface area is 81.6 Å². The average molecular weight is 278 g/mol. The third-order valence-electron chi connectivity index (χ3n) is 1.22. The topological polar surface area (TPSA) is 49.9 Å². The lowest BCUT2D eigenvalue weighted by Crippen LogP contribution is -2.11. The Morgan fingerprint density at radius 2 is 2.00 bits per heavy atom. The average Bonchev–Trinajstić information content (AvgIpc) is 1.85. The minimum atomic E-state index is 0.0735. The van der Waals surface area contributed by atoms with Gasteiger partial charge in [0.1, 0.15) is 5.84 Å². The highest BCUT2D eigenvalue weighted by molar-refractivity contribution is 9.11. The second kappa shape index (κ2) is 3.36. The van der Waals surface area contributed by atoms with E-state index >= 15 is 0 Å². The first kappa shape index (κ1) is 8.74. The molecule has 0 saturated heterocycles. The van der Waals surface area contributed by atoms with Crippen molar-refractivity contribution >= 4 is 37.7 Å². The molecule has 0 aliphatic heterocycles. The lowest BCUT2D eigenvalue weighted by molar-refractivity contribution is 1.41. The smallest absolute Gasteiger partial charge is 0.123 e. The third kappa shape index (κ3) is 2.04. The Hall–Kier alpha value is -0.350. The number of rotatable bonds is 1. The van der Waals surface area contributed by atoms with Gasteiger partial charge in [-0.1, -0.05) is 15.9 Å². The first-order chi connectivity index (χ1) is 5.11. The fourth-order valence-corrected chi connectivity index (χ4v) is 1.97. The summed E-state index contributed by atoms with van der Waals surface area (Å²) >= 11 is 6.60. The van der Waals surface area contributed by atoms with Gasteiger partial charge in [0.15, 0.2) is 0 Å². The molecule has 0 aliphatic rings. The van der Waals surface area contributed by atoms with Crippen molar-refractivity contribution in [2.75, 3.05) is 0 Å². The van der Waals surface area contributed by atoms with E-state index in [-0.39, 0.29) is 5.84 Å². The number of halogens is 2. The normalized spacial score (nSPS) is 9.64. The molecule has 58 valence electrons. The van der Waals surface area contributed by atoms with Crippen LogP contribution in [0.1, 0.15) is 5.56 Å². The van der Waals surface area contributed by atoms with Gasteiger partial charge in [0, 0.05) is 14.5 Å². The minimum absolute atomic E-state index is 0.0735. The van der Waals surface area contributed by atoms with Crippen LogP contribution in [-0.4, -0.2) is 5.84 Å². The summed E-state index contributed by atoms with van der Waals surface area (Å²) in [5, 5.41) is 7.18. The fourth-order valence-electron chi connectivity index (χ4n) is 0.708. The van der Waals surface area contributed by atoms with Gasteiger partial charge in [-0.15, -0.1) is 0 Å². The zero-order chi connectivity index (χ0) is 8.43. The molecule has 0 fully saturated rings. The van der Waals surface area contributed by atoms with Crippen LogP contribution in [0.5, 0.6) is 0 Å². The summed E-state index contributed by atoms with van der Waals surface area (Å²) in [6, 6.07) is 5.49. The highest BCUT2D eigenvalue weighted by Gasteiger charge is 2.01. The molecule has 0 spiro atoms. The molecule has 0 unspecified atom stereocenters. The predicted molar refractivity (Wildman–Crippen MR) is 52.9 cm³/mol. The van der Waals surface area contributed by atoms with E-state index in [4.69, 9.17) is 11.1 Å². The molecule has 0 radical (unpaired) electrons. The highest BCUT2D eigenvalue weighted by atomic mass is 79.9. The number of nitrogen functional groups attached to an aromatic ring is 1. The quantitative estimate of drug-likeness (QED) is 0.601. The zero-order valence-electron chi connectivity index (χ0n) is 5.57. The first-order valence-corrected chi connectivity index (χ1v) is 4.49. The van der Waals surface area contributed by atoms with E-state index in [1.807, 2.05) is 12.1 Å². The third-order valence-corrected chi connectivity index (χ3v) is 2.37. The van der Waals surface area contributed by atoms with Crippen LogP contribution in [0.15, 0.2) is 27.1 Å². The maximum atomic E-state index is 7.18. The lowest BCUT2D eigenvalue weighted by Gasteiger charge is -2.00. The monoisotopic (exact) mass is 276 g/mol. The van der Waals surface area contributed by atoms with Crippen LogP contribution in [0.4, 0.5) is 0 Å². The summed E-state index contributed by atoms with van der Waals surface area (Å²) in [6.07, 6.45) is 0. The molecule has 1 aromatic carbocycles. The number of nitrogens with one attached hydrogen (secondary N) is 1. The van der Waals surface area contributed by atoms with Gasteiger partial charge in [-0.25, -0.2) is 0 Å². The molecule has 0 amide bonds. The van der Waals surface area contributed by atoms with E-state index in [1.54, 1.807) is 6.07 Å². The van der Waals surface area contributed by atoms with E-state index in [0.29, 0.717) is 5.56 Å². The SMILES string of the molecule is N=C(N)c1ccc(Br)cc1Br. The summed E-state index contributed by atoms with van der Waals surface area (Å²) in [5.41, 5.74) is 6.02. The molecule has 0 aliphatic carbocycles. The molecule has 0 aromatic heterocycles. The number of benzene rings is 1. The van der Waals surface area contributed by atoms with Crippen molar-refractivity contribution in [3.63, 3.8) is 0 Å². The number of amidine groups is 1. The lowest BCUT2D eigenvalue weighted by atomic mass is 10.2. The van der Waals surface area contributed by atoms with Gasteiger partial charge in [0.05, 0.1) is 0 Å². The second-order valence-electron chi connectivity index (χ2n) is 2.04. The van der Waals surface area contributed by atoms with Crippen LogP contribution in [0.25, 0.3) is 0 Å². The maximum absolute atomic E-state index is 7.18. The van der Waals surface area contributed by atoms with Gasteiger partial charge in [-0.3, -0.25) is 5.41 Å². The maximum Gasteiger partial charge on any atom is 0.123 e. The summed E-state index contributed by atoms with van der Waals surface area (Å²) in [7, 11) is 0. The van der Waals surface area contributed by atoms with E-state index in [2.05, 4.69) is 31.9 Å². The van der Waals surface area contributed by atoms with Crippen LogP contribution < -0.4 is 5.73 Å². The molecule has 0 bridgehead atoms. The van der Waals surface area contributed by atoms with Crippen LogP contribution in [-0.2, 0) is 0 Å². The largest absolute Gasteiger partial charge is 0.384 e. The van der Waals surface area contributed by atoms with E-state index in [0.717, 1.165) is 8.95 Å². The summed E-state index contributed by atoms with van der Waals surface area (Å²) < 4.78 is 1.80. The molecule has 3 N–H and O–H groups in total. The molecule has 0 saturated carbocycles. The molecule has 4 heteroatoms. The van der Waals surface area contributed by atoms with Crippen molar-refractivity contribution in [2.45, 2.75) is 0 Å². The molecule has 0 heterocycles. The van der Waals surface area contributed by atoms with Gasteiger partial charge in [-0.05, 0) is 34.1 Å². The summed E-state index contributed by atoms with van der Waals surface area (Å²) in [6.45, 7) is 0. The van der Waals surface area contributed by atoms with E-state index in [9.17, 15) is 0 Å². The molecular weight excluding hydrogens is 272 g/mol. The van der Waals surface area contributed by atoms with Gasteiger partial charge >= 0.3 is 0 Å². The Morgan fingerprint density at radius 3 is 2.45 bits per heavy atom. The Bertz CT molecular complexity index is 296. The molecule has 2 nitrogen and oxygen atoms in total. The van der Waals surface area contributed by atoms with Crippen molar-refractivity contribution in [1.82, 2.24) is 0 Å². The Morgan fingerprint density at radius 1 is 1.36 bits per heavy atom. The number of hydrogen-bond donors (Lipinski definition) is 2. The van der Waals surface area contributed by atoms with Crippen LogP contribution >= 0.6 is 31.9 Å². The van der Waals surface area contributed by atoms with Crippen molar-refractivity contribution < 1.29 is 0 Å². The highest BCUT2D eigenvalue weighted by Crippen LogP contribution is 2.21. The van der Waals surface area contributed by atoms with Gasteiger partial charge < -0.3 is 5.73 Å². The van der Waals surface area contributed by atoms with E-state index < -0.39 is 0 Å². The Balaban J connectivity index is 3.20. The second-order valence-corrected chi connectivity index (χ2v) is 3.81. The predicted octanol–water partition coefficient (Wildman–Crippen LogP) is 2.50. The number of hydrogen-bond acceptors (Lipinski definition) is 1. The van der Waals surface area contributed by atoms with Crippen LogP contribution in [0, 0.1) is 5.41 Å². The van der Waals surface area contributed by atoms with Gasteiger partial charge in [0.25, 0.3) is 0 Å². The van der Waals surface area contributed by atoms with Gasteiger partial charge in [-0.2, -0.15) is 0 Å². The van der Waals surface area contributed by atoms with Crippen LogP contribution in [0.2, 0.25) is 0 Å².